The summed E-state index contributed by atoms with van der Waals surface area (Å²) in [4.78, 5) is 0. The Balaban J connectivity index is 2.39. The molecule has 0 aromatic heterocycles. The average Bonchev–Trinajstić information content (AvgIpc) is 2.68. The number of methoxy groups -OCH3 is 1. The van der Waals surface area contributed by atoms with E-state index in [4.69, 9.17) is 15.6 Å². The van der Waals surface area contributed by atoms with Crippen molar-refractivity contribution in [3.8, 4) is 0 Å². The smallest absolute Gasteiger partial charge is 0.0645 e. The number of hydrogen-bond donors (Lipinski definition) is 2. The van der Waals surface area contributed by atoms with Gasteiger partial charge in [0.05, 0.1) is 6.61 Å². The first-order chi connectivity index (χ1) is 5.23. The monoisotopic (exact) mass is 159 g/mol. The standard InChI is InChI=1S/C8H17NO2/c1-11-6-8(9,4-5-10)7-2-3-7/h7,10H,2-6,9H2,1H3. The fourth-order valence-electron chi connectivity index (χ4n) is 1.53. The molecule has 3 heteroatoms. The van der Waals surface area contributed by atoms with E-state index in [0.29, 0.717) is 18.9 Å². The zero-order valence-corrected chi connectivity index (χ0v) is 7.05. The number of rotatable bonds is 5. The van der Waals surface area contributed by atoms with Crippen LogP contribution in [0.3, 0.4) is 0 Å². The van der Waals surface area contributed by atoms with Crippen molar-refractivity contribution in [3.63, 3.8) is 0 Å². The van der Waals surface area contributed by atoms with Crippen molar-refractivity contribution in [2.45, 2.75) is 24.8 Å². The summed E-state index contributed by atoms with van der Waals surface area (Å²) in [6.45, 7) is 0.731. The van der Waals surface area contributed by atoms with Crippen LogP contribution in [0.1, 0.15) is 19.3 Å². The van der Waals surface area contributed by atoms with Crippen LogP contribution in [0, 0.1) is 5.92 Å². The molecule has 11 heavy (non-hydrogen) atoms. The maximum Gasteiger partial charge on any atom is 0.0645 e. The average molecular weight is 159 g/mol. The highest BCUT2D eigenvalue weighted by atomic mass is 16.5. The number of aliphatic hydroxyl groups excluding tert-OH is 1. The van der Waals surface area contributed by atoms with Crippen LogP contribution in [-0.4, -0.2) is 31.0 Å². The normalized spacial score (nSPS) is 23.2. The molecule has 1 unspecified atom stereocenters. The van der Waals surface area contributed by atoms with Crippen molar-refractivity contribution in [1.29, 1.82) is 0 Å². The van der Waals surface area contributed by atoms with E-state index in [1.54, 1.807) is 7.11 Å². The minimum Gasteiger partial charge on any atom is -0.396 e. The molecule has 0 saturated heterocycles. The molecule has 1 aliphatic carbocycles. The molecule has 0 radical (unpaired) electrons. The van der Waals surface area contributed by atoms with Gasteiger partial charge in [-0.2, -0.15) is 0 Å². The van der Waals surface area contributed by atoms with Crippen LogP contribution in [0.5, 0.6) is 0 Å². The summed E-state index contributed by atoms with van der Waals surface area (Å²) in [5.41, 5.74) is 5.78. The summed E-state index contributed by atoms with van der Waals surface area (Å²) in [6, 6.07) is 0. The Bertz CT molecular complexity index is 117. The lowest BCUT2D eigenvalue weighted by molar-refractivity contribution is 0.0986. The van der Waals surface area contributed by atoms with Crippen molar-refractivity contribution in [3.05, 3.63) is 0 Å². The van der Waals surface area contributed by atoms with Gasteiger partial charge in [0.2, 0.25) is 0 Å². The molecule has 1 rings (SSSR count). The molecule has 1 saturated carbocycles. The highest BCUT2D eigenvalue weighted by Gasteiger charge is 2.41. The predicted molar refractivity (Wildman–Crippen MR) is 43.2 cm³/mol. The Morgan fingerprint density at radius 1 is 1.64 bits per heavy atom. The van der Waals surface area contributed by atoms with Crippen molar-refractivity contribution in [2.24, 2.45) is 11.7 Å². The maximum atomic E-state index is 8.77. The Kier molecular flexibility index (Phi) is 2.87. The summed E-state index contributed by atoms with van der Waals surface area (Å²) in [7, 11) is 1.65. The molecule has 0 aromatic rings. The molecule has 0 spiro atoms. The van der Waals surface area contributed by atoms with Crippen molar-refractivity contribution < 1.29 is 9.84 Å². The Morgan fingerprint density at radius 3 is 2.64 bits per heavy atom. The second kappa shape index (κ2) is 3.52. The summed E-state index contributed by atoms with van der Waals surface area (Å²) in [5, 5.41) is 8.77. The van der Waals surface area contributed by atoms with Gasteiger partial charge in [0.1, 0.15) is 0 Å². The zero-order chi connectivity index (χ0) is 8.32. The quantitative estimate of drug-likeness (QED) is 0.599. The van der Waals surface area contributed by atoms with Crippen molar-refractivity contribution in [1.82, 2.24) is 0 Å². The first-order valence-electron chi connectivity index (χ1n) is 4.11. The molecular formula is C8H17NO2. The van der Waals surface area contributed by atoms with E-state index in [2.05, 4.69) is 0 Å². The minimum atomic E-state index is -0.260. The van der Waals surface area contributed by atoms with Crippen LogP contribution >= 0.6 is 0 Å². The molecule has 0 bridgehead atoms. The van der Waals surface area contributed by atoms with Gasteiger partial charge in [0, 0.05) is 19.3 Å². The van der Waals surface area contributed by atoms with Gasteiger partial charge in [-0.25, -0.2) is 0 Å². The van der Waals surface area contributed by atoms with Gasteiger partial charge in [-0.05, 0) is 25.2 Å². The van der Waals surface area contributed by atoms with E-state index in [1.165, 1.54) is 12.8 Å². The van der Waals surface area contributed by atoms with E-state index < -0.39 is 0 Å². The number of nitrogens with two attached hydrogens (primary N) is 1. The Labute approximate surface area is 67.5 Å². The third kappa shape index (κ3) is 2.15. The highest BCUT2D eigenvalue weighted by Crippen LogP contribution is 2.39. The molecule has 0 heterocycles. The van der Waals surface area contributed by atoms with Crippen LogP contribution in [0.15, 0.2) is 0 Å². The van der Waals surface area contributed by atoms with Gasteiger partial charge in [0.15, 0.2) is 0 Å². The van der Waals surface area contributed by atoms with E-state index in [9.17, 15) is 0 Å². The third-order valence-electron chi connectivity index (χ3n) is 2.38. The second-order valence-electron chi connectivity index (χ2n) is 3.41. The van der Waals surface area contributed by atoms with E-state index in [1.807, 2.05) is 0 Å². The largest absolute Gasteiger partial charge is 0.396 e. The van der Waals surface area contributed by atoms with E-state index >= 15 is 0 Å². The molecule has 66 valence electrons. The molecule has 1 fully saturated rings. The molecular weight excluding hydrogens is 142 g/mol. The minimum absolute atomic E-state index is 0.163. The Morgan fingerprint density at radius 2 is 2.27 bits per heavy atom. The lowest BCUT2D eigenvalue weighted by atomic mass is 9.92. The summed E-state index contributed by atoms with van der Waals surface area (Å²) in [5.74, 6) is 0.578. The van der Waals surface area contributed by atoms with Crippen molar-refractivity contribution in [2.75, 3.05) is 20.3 Å². The summed E-state index contributed by atoms with van der Waals surface area (Å²) >= 11 is 0. The maximum absolute atomic E-state index is 8.77. The van der Waals surface area contributed by atoms with Crippen LogP contribution < -0.4 is 5.73 Å². The lowest BCUT2D eigenvalue weighted by Crippen LogP contribution is -2.47. The molecule has 0 aromatic carbocycles. The topological polar surface area (TPSA) is 55.5 Å². The molecule has 3 N–H and O–H groups in total. The third-order valence-corrected chi connectivity index (χ3v) is 2.38. The van der Waals surface area contributed by atoms with Gasteiger partial charge >= 0.3 is 0 Å². The van der Waals surface area contributed by atoms with Gasteiger partial charge in [-0.15, -0.1) is 0 Å². The van der Waals surface area contributed by atoms with Gasteiger partial charge in [-0.3, -0.25) is 0 Å². The zero-order valence-electron chi connectivity index (χ0n) is 7.05. The van der Waals surface area contributed by atoms with E-state index in [0.717, 1.165) is 0 Å². The second-order valence-corrected chi connectivity index (χ2v) is 3.41. The van der Waals surface area contributed by atoms with Crippen molar-refractivity contribution >= 4 is 0 Å². The summed E-state index contributed by atoms with van der Waals surface area (Å²) in [6.07, 6.45) is 3.05. The fraction of sp³-hybridized carbons (Fsp3) is 1.00. The number of aliphatic hydroxyl groups is 1. The van der Waals surface area contributed by atoms with Crippen LogP contribution in [0.2, 0.25) is 0 Å². The molecule has 1 aliphatic rings. The fourth-order valence-corrected chi connectivity index (χ4v) is 1.53. The summed E-state index contributed by atoms with van der Waals surface area (Å²) < 4.78 is 5.02. The number of ether oxygens (including phenoxy) is 1. The van der Waals surface area contributed by atoms with Crippen LogP contribution in [-0.2, 0) is 4.74 Å². The Hall–Kier alpha value is -0.120. The molecule has 0 amide bonds. The number of hydrogen-bond acceptors (Lipinski definition) is 3. The molecule has 1 atom stereocenters. The highest BCUT2D eigenvalue weighted by molar-refractivity contribution is 4.98. The van der Waals surface area contributed by atoms with E-state index in [-0.39, 0.29) is 12.1 Å². The van der Waals surface area contributed by atoms with Crippen LogP contribution in [0.25, 0.3) is 0 Å². The van der Waals surface area contributed by atoms with Gasteiger partial charge in [0.25, 0.3) is 0 Å². The predicted octanol–water partition coefficient (Wildman–Crippen LogP) is 0.123. The van der Waals surface area contributed by atoms with Gasteiger partial charge in [-0.1, -0.05) is 0 Å². The molecule has 0 aliphatic heterocycles. The first-order valence-corrected chi connectivity index (χ1v) is 4.11. The van der Waals surface area contributed by atoms with Gasteiger partial charge < -0.3 is 15.6 Å². The molecule has 3 nitrogen and oxygen atoms in total. The lowest BCUT2D eigenvalue weighted by Gasteiger charge is -2.27. The van der Waals surface area contributed by atoms with Crippen LogP contribution in [0.4, 0.5) is 0 Å². The SMILES string of the molecule is COCC(N)(CCO)C1CC1. The first kappa shape index (κ1) is 8.97.